The summed E-state index contributed by atoms with van der Waals surface area (Å²) in [5.74, 6) is -0.101. The molecule has 2 aromatic heterocycles. The Morgan fingerprint density at radius 1 is 1.26 bits per heavy atom. The van der Waals surface area contributed by atoms with Crippen LogP contribution >= 0.6 is 0 Å². The van der Waals surface area contributed by atoms with E-state index in [4.69, 9.17) is 5.11 Å². The number of nitrogens with zero attached hydrogens (tertiary/aromatic N) is 2. The van der Waals surface area contributed by atoms with Gasteiger partial charge in [0.1, 0.15) is 5.82 Å². The summed E-state index contributed by atoms with van der Waals surface area (Å²) in [4.78, 5) is 18.9. The Balaban J connectivity index is 1.76. The summed E-state index contributed by atoms with van der Waals surface area (Å²) < 4.78 is 2.11. The van der Waals surface area contributed by atoms with Crippen LogP contribution in [0.1, 0.15) is 21.7 Å². The lowest BCUT2D eigenvalue weighted by molar-refractivity contribution is 0.0697. The first kappa shape index (κ1) is 13.6. The molecule has 0 atom stereocenters. The number of carboxylic acid groups (broad SMARTS) is 1. The molecule has 2 aromatic carbocycles. The van der Waals surface area contributed by atoms with Crippen LogP contribution in [0.25, 0.3) is 21.9 Å². The molecule has 4 aromatic rings. The molecule has 0 radical (unpaired) electrons. The highest BCUT2D eigenvalue weighted by Crippen LogP contribution is 2.23. The fourth-order valence-corrected chi connectivity index (χ4v) is 3.03. The van der Waals surface area contributed by atoms with Crippen molar-refractivity contribution in [2.45, 2.75) is 6.42 Å². The number of carboxylic acids is 1. The maximum atomic E-state index is 11.1. The molecular weight excluding hydrogens is 290 g/mol. The smallest absolute Gasteiger partial charge is 0.335 e. The Bertz CT molecular complexity index is 1040. The predicted molar refractivity (Wildman–Crippen MR) is 88.8 cm³/mol. The van der Waals surface area contributed by atoms with E-state index in [9.17, 15) is 4.79 Å². The van der Waals surface area contributed by atoms with E-state index in [0.29, 0.717) is 6.42 Å². The highest BCUT2D eigenvalue weighted by molar-refractivity contribution is 5.92. The molecule has 2 N–H and O–H groups in total. The SMILES string of the molecule is Cn1cc(Cc2nc3ccc(C(=O)O)cc3[nH]2)c2ccccc21. The molecule has 0 saturated carbocycles. The monoisotopic (exact) mass is 305 g/mol. The standard InChI is InChI=1S/C18H15N3O2/c1-21-10-12(13-4-2-3-5-16(13)21)9-17-19-14-7-6-11(18(22)23)8-15(14)20-17/h2-8,10H,9H2,1H3,(H,19,20)(H,22,23). The van der Waals surface area contributed by atoms with Crippen LogP contribution in [-0.2, 0) is 13.5 Å². The molecule has 5 heteroatoms. The van der Waals surface area contributed by atoms with Gasteiger partial charge in [0.2, 0.25) is 0 Å². The highest BCUT2D eigenvalue weighted by atomic mass is 16.4. The summed E-state index contributed by atoms with van der Waals surface area (Å²) in [5, 5.41) is 10.3. The average molecular weight is 305 g/mol. The van der Waals surface area contributed by atoms with Crippen molar-refractivity contribution >= 4 is 27.9 Å². The van der Waals surface area contributed by atoms with Crippen molar-refractivity contribution in [3.8, 4) is 0 Å². The normalized spacial score (nSPS) is 11.3. The molecule has 0 saturated heterocycles. The zero-order valence-corrected chi connectivity index (χ0v) is 12.6. The third kappa shape index (κ3) is 2.26. The largest absolute Gasteiger partial charge is 0.478 e. The van der Waals surface area contributed by atoms with E-state index in [-0.39, 0.29) is 5.56 Å². The van der Waals surface area contributed by atoms with Crippen molar-refractivity contribution in [3.63, 3.8) is 0 Å². The number of fused-ring (bicyclic) bond motifs is 2. The topological polar surface area (TPSA) is 70.9 Å². The number of benzene rings is 2. The van der Waals surface area contributed by atoms with Crippen molar-refractivity contribution < 1.29 is 9.90 Å². The quantitative estimate of drug-likeness (QED) is 0.610. The third-order valence-corrected chi connectivity index (χ3v) is 4.12. The number of aromatic carboxylic acids is 1. The van der Waals surface area contributed by atoms with Crippen LogP contribution in [0.4, 0.5) is 0 Å². The number of nitrogens with one attached hydrogen (secondary N) is 1. The number of carbonyl (C=O) groups is 1. The van der Waals surface area contributed by atoms with Crippen LogP contribution in [0.5, 0.6) is 0 Å². The van der Waals surface area contributed by atoms with Crippen molar-refractivity contribution in [2.75, 3.05) is 0 Å². The van der Waals surface area contributed by atoms with E-state index in [1.54, 1.807) is 18.2 Å². The minimum absolute atomic E-state index is 0.262. The molecule has 5 nitrogen and oxygen atoms in total. The van der Waals surface area contributed by atoms with Gasteiger partial charge in [0.25, 0.3) is 0 Å². The molecule has 0 amide bonds. The fourth-order valence-electron chi connectivity index (χ4n) is 3.03. The van der Waals surface area contributed by atoms with Gasteiger partial charge in [-0.2, -0.15) is 0 Å². The Morgan fingerprint density at radius 2 is 2.09 bits per heavy atom. The summed E-state index contributed by atoms with van der Waals surface area (Å²) in [6.07, 6.45) is 2.79. The van der Waals surface area contributed by atoms with Crippen molar-refractivity contribution in [1.82, 2.24) is 14.5 Å². The van der Waals surface area contributed by atoms with Gasteiger partial charge in [-0.1, -0.05) is 18.2 Å². The van der Waals surface area contributed by atoms with Crippen LogP contribution in [0.3, 0.4) is 0 Å². The maximum Gasteiger partial charge on any atom is 0.335 e. The number of rotatable bonds is 3. The summed E-state index contributed by atoms with van der Waals surface area (Å²) >= 11 is 0. The number of aromatic amines is 1. The molecule has 0 aliphatic rings. The predicted octanol–water partition coefficient (Wildman–Crippen LogP) is 3.34. The molecule has 0 aliphatic carbocycles. The molecule has 2 heterocycles. The number of hydrogen-bond donors (Lipinski definition) is 2. The van der Waals surface area contributed by atoms with E-state index in [1.165, 1.54) is 16.5 Å². The number of H-pyrrole nitrogens is 1. The van der Waals surface area contributed by atoms with Gasteiger partial charge in [-0.05, 0) is 29.8 Å². The molecule has 23 heavy (non-hydrogen) atoms. The Hall–Kier alpha value is -3.08. The Labute approximate surface area is 132 Å². The van der Waals surface area contributed by atoms with Crippen LogP contribution < -0.4 is 0 Å². The summed E-state index contributed by atoms with van der Waals surface area (Å²) in [5.41, 5.74) is 4.18. The maximum absolute atomic E-state index is 11.1. The van der Waals surface area contributed by atoms with E-state index < -0.39 is 5.97 Å². The number of aromatic nitrogens is 3. The molecule has 0 bridgehead atoms. The van der Waals surface area contributed by atoms with Crippen LogP contribution in [-0.4, -0.2) is 25.6 Å². The second kappa shape index (κ2) is 4.98. The summed E-state index contributed by atoms with van der Waals surface area (Å²) in [6, 6.07) is 13.2. The van der Waals surface area contributed by atoms with Crippen molar-refractivity contribution in [1.29, 1.82) is 0 Å². The van der Waals surface area contributed by atoms with E-state index in [1.807, 2.05) is 19.2 Å². The minimum Gasteiger partial charge on any atom is -0.478 e. The van der Waals surface area contributed by atoms with E-state index in [2.05, 4.69) is 32.9 Å². The van der Waals surface area contributed by atoms with Crippen LogP contribution in [0.15, 0.2) is 48.7 Å². The lowest BCUT2D eigenvalue weighted by Crippen LogP contribution is -1.94. The van der Waals surface area contributed by atoms with Crippen molar-refractivity contribution in [2.24, 2.45) is 7.05 Å². The molecule has 0 fully saturated rings. The second-order valence-electron chi connectivity index (χ2n) is 5.68. The van der Waals surface area contributed by atoms with Gasteiger partial charge >= 0.3 is 5.97 Å². The number of para-hydroxylation sites is 1. The van der Waals surface area contributed by atoms with Gasteiger partial charge in [-0.15, -0.1) is 0 Å². The molecule has 0 aliphatic heterocycles. The third-order valence-electron chi connectivity index (χ3n) is 4.12. The van der Waals surface area contributed by atoms with E-state index in [0.717, 1.165) is 16.9 Å². The van der Waals surface area contributed by atoms with Gasteiger partial charge in [-0.25, -0.2) is 9.78 Å². The molecular formula is C18H15N3O2. The first-order chi connectivity index (χ1) is 11.1. The zero-order valence-electron chi connectivity index (χ0n) is 12.6. The lowest BCUT2D eigenvalue weighted by Gasteiger charge is -1.95. The van der Waals surface area contributed by atoms with Gasteiger partial charge in [-0.3, -0.25) is 0 Å². The van der Waals surface area contributed by atoms with E-state index >= 15 is 0 Å². The number of imidazole rings is 1. The molecule has 0 spiro atoms. The van der Waals surface area contributed by atoms with Gasteiger partial charge in [0, 0.05) is 30.6 Å². The second-order valence-corrected chi connectivity index (χ2v) is 5.68. The average Bonchev–Trinajstić information content (AvgIpc) is 3.08. The number of aryl methyl sites for hydroxylation is 1. The zero-order chi connectivity index (χ0) is 16.0. The Morgan fingerprint density at radius 3 is 2.91 bits per heavy atom. The molecule has 114 valence electrons. The molecule has 0 unspecified atom stereocenters. The Kier molecular flexibility index (Phi) is 2.94. The lowest BCUT2D eigenvalue weighted by atomic mass is 10.1. The first-order valence-electron chi connectivity index (χ1n) is 7.37. The highest BCUT2D eigenvalue weighted by Gasteiger charge is 2.11. The minimum atomic E-state index is -0.933. The fraction of sp³-hybridized carbons (Fsp3) is 0.111. The van der Waals surface area contributed by atoms with Gasteiger partial charge in [0.05, 0.1) is 16.6 Å². The molecule has 4 rings (SSSR count). The van der Waals surface area contributed by atoms with Gasteiger partial charge < -0.3 is 14.7 Å². The van der Waals surface area contributed by atoms with Crippen LogP contribution in [0, 0.1) is 0 Å². The summed E-state index contributed by atoms with van der Waals surface area (Å²) in [6.45, 7) is 0. The summed E-state index contributed by atoms with van der Waals surface area (Å²) in [7, 11) is 2.03. The number of hydrogen-bond acceptors (Lipinski definition) is 2. The first-order valence-corrected chi connectivity index (χ1v) is 7.37. The van der Waals surface area contributed by atoms with Crippen molar-refractivity contribution in [3.05, 3.63) is 65.6 Å². The van der Waals surface area contributed by atoms with Crippen LogP contribution in [0.2, 0.25) is 0 Å². The van der Waals surface area contributed by atoms with Gasteiger partial charge in [0.15, 0.2) is 0 Å².